The van der Waals surface area contributed by atoms with Gasteiger partial charge in [-0.1, -0.05) is 0 Å². The topological polar surface area (TPSA) is 65.0 Å². The second-order valence-electron chi connectivity index (χ2n) is 7.14. The zero-order valence-electron chi connectivity index (χ0n) is 15.3. The monoisotopic (exact) mass is 472 g/mol. The summed E-state index contributed by atoms with van der Waals surface area (Å²) < 4.78 is 23.6. The second kappa shape index (κ2) is 9.56. The molecule has 0 saturated carbocycles. The van der Waals surface area contributed by atoms with E-state index in [0.717, 1.165) is 32.0 Å². The van der Waals surface area contributed by atoms with E-state index in [1.54, 1.807) is 0 Å². The van der Waals surface area contributed by atoms with Gasteiger partial charge in [-0.15, -0.1) is 24.0 Å². The lowest BCUT2D eigenvalue weighted by atomic mass is 10.2. The summed E-state index contributed by atoms with van der Waals surface area (Å²) in [5.41, 5.74) is 0. The highest BCUT2D eigenvalue weighted by molar-refractivity contribution is 14.0. The zero-order chi connectivity index (χ0) is 16.9. The molecule has 6 nitrogen and oxygen atoms in total. The number of halogens is 1. The molecule has 0 aromatic heterocycles. The zero-order valence-corrected chi connectivity index (χ0v) is 18.4. The first kappa shape index (κ1) is 22.0. The molecule has 0 spiro atoms. The Morgan fingerprint density at radius 3 is 2.46 bits per heavy atom. The number of aliphatic imine (C=N–C) groups is 1. The first-order chi connectivity index (χ1) is 10.9. The average Bonchev–Trinajstić information content (AvgIpc) is 2.98. The first-order valence-electron chi connectivity index (χ1n) is 8.83. The van der Waals surface area contributed by atoms with Crippen molar-refractivity contribution in [2.75, 3.05) is 51.6 Å². The lowest BCUT2D eigenvalue weighted by molar-refractivity contribution is 0.333. The highest BCUT2D eigenvalue weighted by Crippen LogP contribution is 2.23. The fourth-order valence-corrected chi connectivity index (χ4v) is 4.60. The van der Waals surface area contributed by atoms with Crippen LogP contribution in [0.25, 0.3) is 0 Å². The summed E-state index contributed by atoms with van der Waals surface area (Å²) in [6, 6.07) is 0. The van der Waals surface area contributed by atoms with Crippen LogP contribution in [-0.2, 0) is 9.84 Å². The SMILES string of the molecule is CCNC(=NCCCN1CCCC1)N1CCS(=O)(=O)C(C)(C)C1.I. The van der Waals surface area contributed by atoms with Crippen molar-refractivity contribution in [2.24, 2.45) is 4.99 Å². The Balaban J connectivity index is 0.00000288. The Labute approximate surface area is 164 Å². The molecule has 2 saturated heterocycles. The number of guanidine groups is 1. The van der Waals surface area contributed by atoms with Crippen molar-refractivity contribution in [3.05, 3.63) is 0 Å². The summed E-state index contributed by atoms with van der Waals surface area (Å²) in [6.45, 7) is 11.9. The predicted octanol–water partition coefficient (Wildman–Crippen LogP) is 1.56. The molecule has 8 heteroatoms. The van der Waals surface area contributed by atoms with Crippen LogP contribution in [0.1, 0.15) is 40.0 Å². The largest absolute Gasteiger partial charge is 0.357 e. The fraction of sp³-hybridized carbons (Fsp3) is 0.938. The molecule has 0 unspecified atom stereocenters. The van der Waals surface area contributed by atoms with Gasteiger partial charge in [-0.05, 0) is 59.7 Å². The van der Waals surface area contributed by atoms with E-state index in [2.05, 4.69) is 15.1 Å². The molecule has 0 atom stereocenters. The number of hydrogen-bond donors (Lipinski definition) is 1. The van der Waals surface area contributed by atoms with Gasteiger partial charge in [0.15, 0.2) is 15.8 Å². The van der Waals surface area contributed by atoms with Gasteiger partial charge in [-0.3, -0.25) is 4.99 Å². The first-order valence-corrected chi connectivity index (χ1v) is 10.5. The molecule has 142 valence electrons. The Hall–Kier alpha value is -0.0900. The average molecular weight is 472 g/mol. The maximum absolute atomic E-state index is 12.1. The van der Waals surface area contributed by atoms with Crippen molar-refractivity contribution < 1.29 is 8.42 Å². The number of nitrogens with one attached hydrogen (secondary N) is 1. The Morgan fingerprint density at radius 1 is 1.21 bits per heavy atom. The Kier molecular flexibility index (Phi) is 8.75. The van der Waals surface area contributed by atoms with Crippen LogP contribution in [0.2, 0.25) is 0 Å². The Bertz CT molecular complexity index is 516. The molecule has 1 N–H and O–H groups in total. The summed E-state index contributed by atoms with van der Waals surface area (Å²) in [4.78, 5) is 9.32. The quantitative estimate of drug-likeness (QED) is 0.285. The number of likely N-dealkylation sites (tertiary alicyclic amines) is 1. The van der Waals surface area contributed by atoms with E-state index < -0.39 is 14.6 Å². The number of rotatable bonds is 5. The molecular formula is C16H33IN4O2S. The summed E-state index contributed by atoms with van der Waals surface area (Å²) in [5.74, 6) is 1.06. The van der Waals surface area contributed by atoms with Crippen LogP contribution in [0.4, 0.5) is 0 Å². The van der Waals surface area contributed by atoms with Crippen LogP contribution in [0.15, 0.2) is 4.99 Å². The summed E-state index contributed by atoms with van der Waals surface area (Å²) in [7, 11) is -3.01. The van der Waals surface area contributed by atoms with Gasteiger partial charge in [0.25, 0.3) is 0 Å². The van der Waals surface area contributed by atoms with Crippen molar-refractivity contribution in [2.45, 2.75) is 44.8 Å². The maximum Gasteiger partial charge on any atom is 0.193 e. The van der Waals surface area contributed by atoms with E-state index in [1.165, 1.54) is 25.9 Å². The van der Waals surface area contributed by atoms with E-state index in [0.29, 0.717) is 13.1 Å². The molecule has 0 bridgehead atoms. The summed E-state index contributed by atoms with van der Waals surface area (Å²) >= 11 is 0. The van der Waals surface area contributed by atoms with Gasteiger partial charge in [-0.25, -0.2) is 8.42 Å². The van der Waals surface area contributed by atoms with E-state index in [1.807, 2.05) is 20.8 Å². The van der Waals surface area contributed by atoms with Gasteiger partial charge < -0.3 is 15.1 Å². The lowest BCUT2D eigenvalue weighted by Crippen LogP contribution is -2.57. The van der Waals surface area contributed by atoms with E-state index in [4.69, 9.17) is 4.99 Å². The highest BCUT2D eigenvalue weighted by Gasteiger charge is 2.40. The lowest BCUT2D eigenvalue weighted by Gasteiger charge is -2.39. The second-order valence-corrected chi connectivity index (χ2v) is 9.88. The van der Waals surface area contributed by atoms with Gasteiger partial charge in [0, 0.05) is 26.2 Å². The minimum Gasteiger partial charge on any atom is -0.357 e. The predicted molar refractivity (Wildman–Crippen MR) is 111 cm³/mol. The number of nitrogens with zero attached hydrogens (tertiary/aromatic N) is 3. The van der Waals surface area contributed by atoms with Crippen molar-refractivity contribution in [3.8, 4) is 0 Å². The minimum atomic E-state index is -3.01. The molecule has 2 aliphatic rings. The number of sulfone groups is 1. The molecule has 0 radical (unpaired) electrons. The third kappa shape index (κ3) is 5.72. The van der Waals surface area contributed by atoms with Gasteiger partial charge in [0.05, 0.1) is 10.5 Å². The molecule has 0 aliphatic carbocycles. The molecule has 0 aromatic carbocycles. The number of hydrogen-bond acceptors (Lipinski definition) is 4. The van der Waals surface area contributed by atoms with Crippen molar-refractivity contribution >= 4 is 39.8 Å². The van der Waals surface area contributed by atoms with Gasteiger partial charge in [-0.2, -0.15) is 0 Å². The maximum atomic E-state index is 12.1. The van der Waals surface area contributed by atoms with Crippen LogP contribution in [0.3, 0.4) is 0 Å². The molecule has 2 fully saturated rings. The fourth-order valence-electron chi connectivity index (χ4n) is 3.24. The molecule has 0 amide bonds. The van der Waals surface area contributed by atoms with Crippen LogP contribution in [0, 0.1) is 0 Å². The van der Waals surface area contributed by atoms with Gasteiger partial charge in [0.2, 0.25) is 0 Å². The molecular weight excluding hydrogens is 439 g/mol. The van der Waals surface area contributed by atoms with Crippen LogP contribution >= 0.6 is 24.0 Å². The minimum absolute atomic E-state index is 0. The van der Waals surface area contributed by atoms with E-state index in [-0.39, 0.29) is 29.7 Å². The molecule has 2 heterocycles. The molecule has 0 aromatic rings. The third-order valence-corrected chi connectivity index (χ3v) is 7.30. The van der Waals surface area contributed by atoms with Crippen molar-refractivity contribution in [1.29, 1.82) is 0 Å². The van der Waals surface area contributed by atoms with Crippen molar-refractivity contribution in [1.82, 2.24) is 15.1 Å². The highest BCUT2D eigenvalue weighted by atomic mass is 127. The van der Waals surface area contributed by atoms with Crippen molar-refractivity contribution in [3.63, 3.8) is 0 Å². The van der Waals surface area contributed by atoms with Crippen LogP contribution in [0.5, 0.6) is 0 Å². The molecule has 2 aliphatic heterocycles. The van der Waals surface area contributed by atoms with E-state index in [9.17, 15) is 8.42 Å². The molecule has 24 heavy (non-hydrogen) atoms. The smallest absolute Gasteiger partial charge is 0.193 e. The normalized spacial score (nSPS) is 23.8. The van der Waals surface area contributed by atoms with Gasteiger partial charge in [0.1, 0.15) is 0 Å². The van der Waals surface area contributed by atoms with Gasteiger partial charge >= 0.3 is 0 Å². The van der Waals surface area contributed by atoms with E-state index >= 15 is 0 Å². The molecule has 2 rings (SSSR count). The van der Waals surface area contributed by atoms with Crippen LogP contribution < -0.4 is 5.32 Å². The van der Waals surface area contributed by atoms with Crippen LogP contribution in [-0.4, -0.2) is 80.5 Å². The standard InChI is InChI=1S/C16H32N4O2S.HI/c1-4-17-15(18-8-7-11-19-9-5-6-10-19)20-12-13-23(21,22)16(2,3)14-20;/h4-14H2,1-3H3,(H,17,18);1H. The third-order valence-electron chi connectivity index (χ3n) is 4.77. The Morgan fingerprint density at radius 2 is 1.88 bits per heavy atom. The summed E-state index contributed by atoms with van der Waals surface area (Å²) in [6.07, 6.45) is 3.71. The summed E-state index contributed by atoms with van der Waals surface area (Å²) in [5, 5.41) is 3.31.